The zero-order chi connectivity index (χ0) is 13.4. The molecule has 0 aromatic heterocycles. The third kappa shape index (κ3) is 4.18. The van der Waals surface area contributed by atoms with Crippen molar-refractivity contribution in [3.63, 3.8) is 0 Å². The van der Waals surface area contributed by atoms with E-state index in [2.05, 4.69) is 5.16 Å². The Bertz CT molecular complexity index is 480. The predicted octanol–water partition coefficient (Wildman–Crippen LogP) is 0.995. The van der Waals surface area contributed by atoms with E-state index in [-0.39, 0.29) is 0 Å². The fourth-order valence-corrected chi connectivity index (χ4v) is 1.20. The van der Waals surface area contributed by atoms with E-state index in [9.17, 15) is 9.59 Å². The molecule has 0 fully saturated rings. The zero-order valence-electron chi connectivity index (χ0n) is 9.41. The van der Waals surface area contributed by atoms with Crippen LogP contribution in [0.4, 0.5) is 0 Å². The number of nitrogens with one attached hydrogen (secondary N) is 1. The summed E-state index contributed by atoms with van der Waals surface area (Å²) in [6.07, 6.45) is 2.45. The van der Waals surface area contributed by atoms with Crippen molar-refractivity contribution in [1.82, 2.24) is 5.48 Å². The highest BCUT2D eigenvalue weighted by Gasteiger charge is 2.14. The van der Waals surface area contributed by atoms with Gasteiger partial charge < -0.3 is 5.21 Å². The number of hydrogen-bond acceptors (Lipinski definition) is 5. The molecule has 1 aromatic rings. The molecule has 6 heteroatoms. The van der Waals surface area contributed by atoms with Gasteiger partial charge in [0.15, 0.2) is 11.5 Å². The Morgan fingerprint density at radius 2 is 1.94 bits per heavy atom. The highest BCUT2D eigenvalue weighted by Crippen LogP contribution is 2.02. The highest BCUT2D eigenvalue weighted by molar-refractivity contribution is 6.42. The molecular formula is C12H12N2O4. The van der Waals surface area contributed by atoms with Crippen molar-refractivity contribution in [3.8, 4) is 0 Å². The van der Waals surface area contributed by atoms with Crippen molar-refractivity contribution in [2.45, 2.75) is 6.42 Å². The Kier molecular flexibility index (Phi) is 5.27. The van der Waals surface area contributed by atoms with Crippen molar-refractivity contribution >= 4 is 23.5 Å². The summed E-state index contributed by atoms with van der Waals surface area (Å²) in [5.41, 5.74) is 1.66. The van der Waals surface area contributed by atoms with Gasteiger partial charge in [0.2, 0.25) is 0 Å². The molecule has 1 rings (SSSR count). The molecule has 0 saturated heterocycles. The van der Waals surface area contributed by atoms with E-state index in [1.54, 1.807) is 6.08 Å². The minimum Gasteiger partial charge on any atom is -0.410 e. The molecule has 0 atom stereocenters. The molecule has 0 saturated carbocycles. The molecule has 0 heterocycles. The molecule has 1 aromatic carbocycles. The van der Waals surface area contributed by atoms with Gasteiger partial charge in [-0.2, -0.15) is 0 Å². The molecule has 6 nitrogen and oxygen atoms in total. The second-order valence-electron chi connectivity index (χ2n) is 3.37. The van der Waals surface area contributed by atoms with E-state index >= 15 is 0 Å². The molecule has 3 N–H and O–H groups in total. The largest absolute Gasteiger partial charge is 0.410 e. The van der Waals surface area contributed by atoms with Gasteiger partial charge in [-0.15, -0.1) is 0 Å². The van der Waals surface area contributed by atoms with E-state index in [0.29, 0.717) is 0 Å². The van der Waals surface area contributed by atoms with E-state index in [1.165, 1.54) is 11.6 Å². The van der Waals surface area contributed by atoms with Crippen molar-refractivity contribution in [2.75, 3.05) is 0 Å². The first-order chi connectivity index (χ1) is 8.67. The van der Waals surface area contributed by atoms with E-state index in [0.717, 1.165) is 5.56 Å². The fraction of sp³-hybridized carbons (Fsp3) is 0.0833. The summed E-state index contributed by atoms with van der Waals surface area (Å²) in [7, 11) is 0. The normalized spacial score (nSPS) is 11.5. The number of carbonyl (C=O) groups excluding carboxylic acids is 2. The molecular weight excluding hydrogens is 236 g/mol. The average molecular weight is 248 g/mol. The lowest BCUT2D eigenvalue weighted by Gasteiger charge is -1.98. The van der Waals surface area contributed by atoms with Crippen LogP contribution in [0.1, 0.15) is 12.0 Å². The van der Waals surface area contributed by atoms with Gasteiger partial charge in [0.1, 0.15) is 0 Å². The topological polar surface area (TPSA) is 99.0 Å². The van der Waals surface area contributed by atoms with Crippen LogP contribution in [0.3, 0.4) is 0 Å². The molecule has 0 aliphatic rings. The van der Waals surface area contributed by atoms with Gasteiger partial charge in [-0.3, -0.25) is 14.8 Å². The number of nitrogens with zero attached hydrogens (tertiary/aromatic N) is 1. The van der Waals surface area contributed by atoms with Crippen LogP contribution in [0.2, 0.25) is 0 Å². The smallest absolute Gasteiger partial charge is 0.292 e. The molecule has 0 radical (unpaired) electrons. The molecule has 0 bridgehead atoms. The fourth-order valence-electron chi connectivity index (χ4n) is 1.20. The Balaban J connectivity index is 2.62. The Morgan fingerprint density at radius 1 is 1.28 bits per heavy atom. The first-order valence-electron chi connectivity index (χ1n) is 5.08. The first kappa shape index (κ1) is 13.6. The zero-order valence-corrected chi connectivity index (χ0v) is 9.41. The number of amides is 1. The quantitative estimate of drug-likeness (QED) is 0.238. The van der Waals surface area contributed by atoms with Crippen molar-refractivity contribution in [3.05, 3.63) is 42.0 Å². The van der Waals surface area contributed by atoms with Crippen LogP contribution in [0, 0.1) is 0 Å². The van der Waals surface area contributed by atoms with Crippen molar-refractivity contribution < 1.29 is 20.0 Å². The molecule has 0 spiro atoms. The van der Waals surface area contributed by atoms with Gasteiger partial charge in [0, 0.05) is 0 Å². The average Bonchev–Trinajstić information content (AvgIpc) is 2.42. The Morgan fingerprint density at radius 3 is 2.50 bits per heavy atom. The highest BCUT2D eigenvalue weighted by atomic mass is 16.5. The second-order valence-corrected chi connectivity index (χ2v) is 3.37. The lowest BCUT2D eigenvalue weighted by molar-refractivity contribution is -0.123. The third-order valence-electron chi connectivity index (χ3n) is 2.09. The van der Waals surface area contributed by atoms with Gasteiger partial charge in [-0.25, -0.2) is 5.48 Å². The molecule has 1 amide bonds. The van der Waals surface area contributed by atoms with Crippen LogP contribution in [-0.4, -0.2) is 27.8 Å². The lowest BCUT2D eigenvalue weighted by atomic mass is 10.1. The van der Waals surface area contributed by atoms with Gasteiger partial charge >= 0.3 is 0 Å². The van der Waals surface area contributed by atoms with E-state index in [1.807, 2.05) is 30.3 Å². The SMILES string of the molecule is O=C(/C=C/c1ccccc1)C/C(=N\O)C(=O)NO. The van der Waals surface area contributed by atoms with Crippen LogP contribution in [0.25, 0.3) is 6.08 Å². The number of rotatable bonds is 5. The van der Waals surface area contributed by atoms with Gasteiger partial charge in [-0.1, -0.05) is 41.6 Å². The minimum atomic E-state index is -1.01. The molecule has 0 aliphatic carbocycles. The predicted molar refractivity (Wildman–Crippen MR) is 64.3 cm³/mol. The second kappa shape index (κ2) is 6.97. The number of allylic oxidation sites excluding steroid dienone is 1. The summed E-state index contributed by atoms with van der Waals surface area (Å²) in [5, 5.41) is 19.5. The Labute approximate surface area is 103 Å². The van der Waals surface area contributed by atoms with Crippen LogP contribution in [0.5, 0.6) is 0 Å². The molecule has 18 heavy (non-hydrogen) atoms. The standard InChI is InChI=1S/C12H12N2O4/c15-10(8-11(13-17)12(16)14-18)7-6-9-4-2-1-3-5-9/h1-7,17-18H,8H2,(H,14,16)/b7-6+,13-11+. The van der Waals surface area contributed by atoms with Crippen molar-refractivity contribution in [2.24, 2.45) is 5.16 Å². The maximum atomic E-state index is 11.5. The van der Waals surface area contributed by atoms with Crippen LogP contribution >= 0.6 is 0 Å². The maximum Gasteiger partial charge on any atom is 0.292 e. The van der Waals surface area contributed by atoms with E-state index < -0.39 is 23.8 Å². The molecule has 94 valence electrons. The van der Waals surface area contributed by atoms with Crippen LogP contribution in [-0.2, 0) is 9.59 Å². The van der Waals surface area contributed by atoms with Crippen LogP contribution < -0.4 is 5.48 Å². The lowest BCUT2D eigenvalue weighted by Crippen LogP contribution is -2.29. The van der Waals surface area contributed by atoms with Crippen molar-refractivity contribution in [1.29, 1.82) is 0 Å². The Hall–Kier alpha value is -2.47. The molecule has 0 unspecified atom stereocenters. The number of hydrogen-bond donors (Lipinski definition) is 3. The van der Waals surface area contributed by atoms with Crippen LogP contribution in [0.15, 0.2) is 41.6 Å². The summed E-state index contributed by atoms with van der Waals surface area (Å²) < 4.78 is 0. The molecule has 0 aliphatic heterocycles. The summed E-state index contributed by atoms with van der Waals surface area (Å²) >= 11 is 0. The van der Waals surface area contributed by atoms with Gasteiger partial charge in [0.25, 0.3) is 5.91 Å². The monoisotopic (exact) mass is 248 g/mol. The summed E-state index contributed by atoms with van der Waals surface area (Å²) in [5.74, 6) is -1.44. The summed E-state index contributed by atoms with van der Waals surface area (Å²) in [6.45, 7) is 0. The van der Waals surface area contributed by atoms with E-state index in [4.69, 9.17) is 10.4 Å². The van der Waals surface area contributed by atoms with Gasteiger partial charge in [0.05, 0.1) is 6.42 Å². The number of hydroxylamine groups is 1. The summed E-state index contributed by atoms with van der Waals surface area (Å²) in [4.78, 5) is 22.4. The number of benzene rings is 1. The first-order valence-corrected chi connectivity index (χ1v) is 5.08. The maximum absolute atomic E-state index is 11.5. The number of carbonyl (C=O) groups is 2. The number of ketones is 1. The minimum absolute atomic E-state index is 0.397. The number of oxime groups is 1. The summed E-state index contributed by atoms with van der Waals surface area (Å²) in [6, 6.07) is 9.12. The third-order valence-corrected chi connectivity index (χ3v) is 2.09. The van der Waals surface area contributed by atoms with Gasteiger partial charge in [-0.05, 0) is 11.6 Å².